The van der Waals surface area contributed by atoms with Gasteiger partial charge in [-0.15, -0.1) is 0 Å². The summed E-state index contributed by atoms with van der Waals surface area (Å²) in [5, 5.41) is 8.50. The molecule has 0 heterocycles. The molecule has 86 valence electrons. The first-order chi connectivity index (χ1) is 6.92. The average molecular weight is 210 g/mol. The number of rotatable bonds is 3. The summed E-state index contributed by atoms with van der Waals surface area (Å²) in [5.74, 6) is 0.627. The van der Waals surface area contributed by atoms with Gasteiger partial charge in [-0.2, -0.15) is 0 Å². The fourth-order valence-corrected chi connectivity index (χ4v) is 2.49. The fourth-order valence-electron chi connectivity index (χ4n) is 2.49. The average Bonchev–Trinajstić information content (AvgIpc) is 2.10. The van der Waals surface area contributed by atoms with Crippen LogP contribution in [0, 0.1) is 17.3 Å². The van der Waals surface area contributed by atoms with E-state index in [1.165, 1.54) is 25.3 Å². The van der Waals surface area contributed by atoms with Crippen LogP contribution in [0.3, 0.4) is 0 Å². The van der Waals surface area contributed by atoms with Gasteiger partial charge in [-0.05, 0) is 42.9 Å². The Bertz CT molecular complexity index is 253. The highest BCUT2D eigenvalue weighted by atomic mass is 16.4. The second-order valence-corrected chi connectivity index (χ2v) is 5.51. The fraction of sp³-hybridized carbons (Fsp3) is 0.769. The first-order valence-electron chi connectivity index (χ1n) is 5.81. The topological polar surface area (TPSA) is 37.3 Å². The highest BCUT2D eigenvalue weighted by Crippen LogP contribution is 2.44. The zero-order chi connectivity index (χ0) is 11.5. The summed E-state index contributed by atoms with van der Waals surface area (Å²) in [7, 11) is 0. The summed E-state index contributed by atoms with van der Waals surface area (Å²) in [6.45, 7) is 6.97. The molecule has 0 aromatic heterocycles. The molecule has 2 heteroatoms. The van der Waals surface area contributed by atoms with Crippen LogP contribution < -0.4 is 0 Å². The van der Waals surface area contributed by atoms with Crippen molar-refractivity contribution in [1.29, 1.82) is 0 Å². The van der Waals surface area contributed by atoms with E-state index in [4.69, 9.17) is 5.11 Å². The van der Waals surface area contributed by atoms with Crippen LogP contribution in [-0.4, -0.2) is 11.1 Å². The molecule has 1 saturated carbocycles. The standard InChI is InChI=1S/C13H22O2/c1-10-7-8-11(9-13(10,2)3)5-4-6-12(14)15/h4,6,10-11H,5,7-9H2,1-3H3,(H,14,15)/b6-4+/t10-,11+/m0/s1. The second kappa shape index (κ2) is 4.82. The maximum absolute atomic E-state index is 10.3. The van der Waals surface area contributed by atoms with Crippen LogP contribution in [0.4, 0.5) is 0 Å². The van der Waals surface area contributed by atoms with Gasteiger partial charge in [0.25, 0.3) is 0 Å². The summed E-state index contributed by atoms with van der Waals surface area (Å²) in [6, 6.07) is 0. The lowest BCUT2D eigenvalue weighted by Gasteiger charge is -2.40. The molecule has 2 nitrogen and oxygen atoms in total. The molecule has 0 saturated heterocycles. The Kier molecular flexibility index (Phi) is 3.95. The Morgan fingerprint density at radius 1 is 1.47 bits per heavy atom. The van der Waals surface area contributed by atoms with Gasteiger partial charge < -0.3 is 5.11 Å². The third-order valence-electron chi connectivity index (χ3n) is 3.89. The highest BCUT2D eigenvalue weighted by molar-refractivity contribution is 5.79. The molecule has 0 unspecified atom stereocenters. The molecule has 1 fully saturated rings. The van der Waals surface area contributed by atoms with E-state index in [9.17, 15) is 4.79 Å². The van der Waals surface area contributed by atoms with Gasteiger partial charge in [0.05, 0.1) is 0 Å². The predicted molar refractivity (Wildman–Crippen MR) is 61.7 cm³/mol. The number of carboxylic acid groups (broad SMARTS) is 1. The van der Waals surface area contributed by atoms with Gasteiger partial charge in [0.1, 0.15) is 0 Å². The van der Waals surface area contributed by atoms with E-state index in [0.717, 1.165) is 12.3 Å². The monoisotopic (exact) mass is 210 g/mol. The van der Waals surface area contributed by atoms with Crippen molar-refractivity contribution in [3.05, 3.63) is 12.2 Å². The number of carbonyl (C=O) groups is 1. The van der Waals surface area contributed by atoms with Gasteiger partial charge in [0, 0.05) is 6.08 Å². The Balaban J connectivity index is 2.42. The summed E-state index contributed by atoms with van der Waals surface area (Å²) < 4.78 is 0. The number of carboxylic acids is 1. The third-order valence-corrected chi connectivity index (χ3v) is 3.89. The van der Waals surface area contributed by atoms with Crippen LogP contribution in [0.15, 0.2) is 12.2 Å². The minimum atomic E-state index is -0.835. The molecule has 0 aromatic carbocycles. The molecule has 0 amide bonds. The van der Waals surface area contributed by atoms with Gasteiger partial charge in [-0.25, -0.2) is 4.79 Å². The molecule has 0 radical (unpaired) electrons. The van der Waals surface area contributed by atoms with Crippen LogP contribution in [0.25, 0.3) is 0 Å². The molecule has 0 aromatic rings. The van der Waals surface area contributed by atoms with Gasteiger partial charge in [0.2, 0.25) is 0 Å². The Labute approximate surface area is 92.4 Å². The SMILES string of the molecule is C[C@H]1CC[C@@H](C/C=C/C(=O)O)CC1(C)C. The third kappa shape index (κ3) is 3.69. The van der Waals surface area contributed by atoms with Crippen molar-refractivity contribution in [3.63, 3.8) is 0 Å². The van der Waals surface area contributed by atoms with E-state index >= 15 is 0 Å². The maximum Gasteiger partial charge on any atom is 0.327 e. The number of hydrogen-bond acceptors (Lipinski definition) is 1. The van der Waals surface area contributed by atoms with E-state index < -0.39 is 5.97 Å². The smallest absolute Gasteiger partial charge is 0.327 e. The van der Waals surface area contributed by atoms with Gasteiger partial charge in [-0.3, -0.25) is 0 Å². The Morgan fingerprint density at radius 3 is 2.67 bits per heavy atom. The Hall–Kier alpha value is -0.790. The molecule has 1 aliphatic carbocycles. The molecular formula is C13H22O2. The van der Waals surface area contributed by atoms with Crippen molar-refractivity contribution >= 4 is 5.97 Å². The van der Waals surface area contributed by atoms with Crippen molar-refractivity contribution in [1.82, 2.24) is 0 Å². The molecule has 1 N–H and O–H groups in total. The summed E-state index contributed by atoms with van der Waals surface area (Å²) in [6.07, 6.45) is 7.73. The van der Waals surface area contributed by atoms with Crippen LogP contribution in [0.5, 0.6) is 0 Å². The lowest BCUT2D eigenvalue weighted by atomic mass is 9.65. The first-order valence-corrected chi connectivity index (χ1v) is 5.81. The lowest BCUT2D eigenvalue weighted by molar-refractivity contribution is -0.131. The molecule has 0 bridgehead atoms. The van der Waals surface area contributed by atoms with Crippen LogP contribution >= 0.6 is 0 Å². The second-order valence-electron chi connectivity index (χ2n) is 5.51. The molecule has 2 atom stereocenters. The van der Waals surface area contributed by atoms with E-state index in [1.807, 2.05) is 0 Å². The minimum Gasteiger partial charge on any atom is -0.478 e. The van der Waals surface area contributed by atoms with E-state index in [1.54, 1.807) is 6.08 Å². The number of allylic oxidation sites excluding steroid dienone is 1. The van der Waals surface area contributed by atoms with E-state index in [0.29, 0.717) is 11.3 Å². The molecule has 0 aliphatic heterocycles. The Morgan fingerprint density at radius 2 is 2.13 bits per heavy atom. The van der Waals surface area contributed by atoms with Crippen molar-refractivity contribution < 1.29 is 9.90 Å². The normalized spacial score (nSPS) is 30.6. The maximum atomic E-state index is 10.3. The molecule has 1 aliphatic rings. The van der Waals surface area contributed by atoms with Gasteiger partial charge in [0.15, 0.2) is 0 Å². The van der Waals surface area contributed by atoms with Crippen molar-refractivity contribution in [2.75, 3.05) is 0 Å². The zero-order valence-corrected chi connectivity index (χ0v) is 9.99. The summed E-state index contributed by atoms with van der Waals surface area (Å²) in [4.78, 5) is 10.3. The summed E-state index contributed by atoms with van der Waals surface area (Å²) in [5.41, 5.74) is 0.417. The first kappa shape index (κ1) is 12.3. The number of aliphatic carboxylic acids is 1. The van der Waals surface area contributed by atoms with Crippen LogP contribution in [-0.2, 0) is 4.79 Å². The van der Waals surface area contributed by atoms with Crippen LogP contribution in [0.2, 0.25) is 0 Å². The van der Waals surface area contributed by atoms with Crippen LogP contribution in [0.1, 0.15) is 46.5 Å². The van der Waals surface area contributed by atoms with E-state index in [2.05, 4.69) is 20.8 Å². The predicted octanol–water partition coefficient (Wildman–Crippen LogP) is 3.48. The highest BCUT2D eigenvalue weighted by Gasteiger charge is 2.33. The van der Waals surface area contributed by atoms with Gasteiger partial charge >= 0.3 is 5.97 Å². The molecule has 15 heavy (non-hydrogen) atoms. The molecule has 0 spiro atoms. The largest absolute Gasteiger partial charge is 0.478 e. The van der Waals surface area contributed by atoms with Crippen molar-refractivity contribution in [2.45, 2.75) is 46.5 Å². The van der Waals surface area contributed by atoms with Crippen molar-refractivity contribution in [2.24, 2.45) is 17.3 Å². The zero-order valence-electron chi connectivity index (χ0n) is 9.99. The minimum absolute atomic E-state index is 0.417. The lowest BCUT2D eigenvalue weighted by Crippen LogP contribution is -2.30. The molecular weight excluding hydrogens is 188 g/mol. The van der Waals surface area contributed by atoms with Crippen molar-refractivity contribution in [3.8, 4) is 0 Å². The summed E-state index contributed by atoms with van der Waals surface area (Å²) >= 11 is 0. The molecule has 1 rings (SSSR count). The van der Waals surface area contributed by atoms with Gasteiger partial charge in [-0.1, -0.05) is 26.8 Å². The van der Waals surface area contributed by atoms with E-state index in [-0.39, 0.29) is 0 Å². The quantitative estimate of drug-likeness (QED) is 0.724. The number of hydrogen-bond donors (Lipinski definition) is 1.